The summed E-state index contributed by atoms with van der Waals surface area (Å²) in [6.45, 7) is 3.90. The highest BCUT2D eigenvalue weighted by Gasteiger charge is 2.11. The molecule has 1 amide bonds. The minimum absolute atomic E-state index is 0.0559. The average molecular weight is 307 g/mol. The molecule has 1 aromatic heterocycles. The Morgan fingerprint density at radius 3 is 2.95 bits per heavy atom. The summed E-state index contributed by atoms with van der Waals surface area (Å²) in [6, 6.07) is 5.36. The average Bonchev–Trinajstić information content (AvgIpc) is 2.87. The van der Waals surface area contributed by atoms with Crippen LogP contribution in [0.3, 0.4) is 0 Å². The molecule has 0 aliphatic carbocycles. The number of hydrogen-bond donors (Lipinski definition) is 2. The number of halogens is 1. The zero-order valence-electron chi connectivity index (χ0n) is 11.9. The van der Waals surface area contributed by atoms with Gasteiger partial charge >= 0.3 is 0 Å². The highest BCUT2D eigenvalue weighted by atomic mass is 35.5. The summed E-state index contributed by atoms with van der Waals surface area (Å²) in [4.78, 5) is 21.6. The van der Waals surface area contributed by atoms with Gasteiger partial charge in [0.2, 0.25) is 5.28 Å². The van der Waals surface area contributed by atoms with Gasteiger partial charge in [-0.25, -0.2) is 4.98 Å². The van der Waals surface area contributed by atoms with Crippen LogP contribution >= 0.6 is 11.6 Å². The summed E-state index contributed by atoms with van der Waals surface area (Å²) in [5, 5.41) is 3.31. The minimum Gasteiger partial charge on any atom is -0.351 e. The predicted molar refractivity (Wildman–Crippen MR) is 83.7 cm³/mol. The number of hydrogen-bond acceptors (Lipinski definition) is 3. The SMILES string of the molecule is O=C(NCCN1CCCCC1)c1ccc2nc(Cl)[nH]c2c1. The number of amides is 1. The lowest BCUT2D eigenvalue weighted by molar-refractivity contribution is 0.0946. The first-order valence-electron chi connectivity index (χ1n) is 7.38. The van der Waals surface area contributed by atoms with Gasteiger partial charge in [0.15, 0.2) is 0 Å². The number of benzene rings is 1. The molecule has 5 nitrogen and oxygen atoms in total. The van der Waals surface area contributed by atoms with Gasteiger partial charge in [-0.1, -0.05) is 6.42 Å². The molecule has 0 saturated carbocycles. The molecular weight excluding hydrogens is 288 g/mol. The Balaban J connectivity index is 1.55. The zero-order chi connectivity index (χ0) is 14.7. The molecule has 0 radical (unpaired) electrons. The van der Waals surface area contributed by atoms with E-state index in [2.05, 4.69) is 20.2 Å². The molecule has 1 saturated heterocycles. The van der Waals surface area contributed by atoms with Crippen LogP contribution in [0.1, 0.15) is 29.6 Å². The van der Waals surface area contributed by atoms with Crippen molar-refractivity contribution in [3.63, 3.8) is 0 Å². The Hall–Kier alpha value is -1.59. The van der Waals surface area contributed by atoms with Crippen molar-refractivity contribution in [1.29, 1.82) is 0 Å². The second kappa shape index (κ2) is 6.45. The Morgan fingerprint density at radius 1 is 1.33 bits per heavy atom. The number of carbonyl (C=O) groups is 1. The molecule has 1 fully saturated rings. The van der Waals surface area contributed by atoms with E-state index in [1.54, 1.807) is 18.2 Å². The molecule has 0 bridgehead atoms. The van der Waals surface area contributed by atoms with Gasteiger partial charge in [-0.3, -0.25) is 4.79 Å². The third-order valence-corrected chi connectivity index (χ3v) is 4.06. The van der Waals surface area contributed by atoms with Gasteiger partial charge in [0.1, 0.15) is 0 Å². The second-order valence-corrected chi connectivity index (χ2v) is 5.78. The highest BCUT2D eigenvalue weighted by molar-refractivity contribution is 6.29. The molecule has 21 heavy (non-hydrogen) atoms. The van der Waals surface area contributed by atoms with Gasteiger partial charge in [0, 0.05) is 18.7 Å². The number of piperidine rings is 1. The normalized spacial score (nSPS) is 16.2. The molecule has 1 aliphatic heterocycles. The molecule has 2 aromatic rings. The summed E-state index contributed by atoms with van der Waals surface area (Å²) in [6.07, 6.45) is 3.87. The first-order chi connectivity index (χ1) is 10.2. The zero-order valence-corrected chi connectivity index (χ0v) is 12.6. The van der Waals surface area contributed by atoms with Gasteiger partial charge < -0.3 is 15.2 Å². The van der Waals surface area contributed by atoms with Crippen LogP contribution in [0.25, 0.3) is 11.0 Å². The van der Waals surface area contributed by atoms with Crippen LogP contribution in [0.15, 0.2) is 18.2 Å². The molecule has 0 unspecified atom stereocenters. The molecule has 1 aromatic carbocycles. The van der Waals surface area contributed by atoms with Gasteiger partial charge in [-0.05, 0) is 55.7 Å². The lowest BCUT2D eigenvalue weighted by Crippen LogP contribution is -2.37. The molecular formula is C15H19ClN4O. The number of likely N-dealkylation sites (tertiary alicyclic amines) is 1. The number of fused-ring (bicyclic) bond motifs is 1. The van der Waals surface area contributed by atoms with Crippen LogP contribution in [0, 0.1) is 0 Å². The Kier molecular flexibility index (Phi) is 4.41. The molecule has 1 aliphatic rings. The molecule has 6 heteroatoms. The van der Waals surface area contributed by atoms with E-state index in [-0.39, 0.29) is 5.91 Å². The van der Waals surface area contributed by atoms with Crippen molar-refractivity contribution in [3.8, 4) is 0 Å². The Morgan fingerprint density at radius 2 is 2.14 bits per heavy atom. The minimum atomic E-state index is -0.0559. The van der Waals surface area contributed by atoms with E-state index in [1.807, 2.05) is 0 Å². The van der Waals surface area contributed by atoms with E-state index < -0.39 is 0 Å². The molecule has 0 spiro atoms. The van der Waals surface area contributed by atoms with Crippen molar-refractivity contribution in [1.82, 2.24) is 20.2 Å². The van der Waals surface area contributed by atoms with E-state index >= 15 is 0 Å². The van der Waals surface area contributed by atoms with E-state index in [9.17, 15) is 4.79 Å². The number of H-pyrrole nitrogens is 1. The molecule has 2 N–H and O–H groups in total. The summed E-state index contributed by atoms with van der Waals surface area (Å²) in [7, 11) is 0. The van der Waals surface area contributed by atoms with E-state index in [1.165, 1.54) is 19.3 Å². The maximum Gasteiger partial charge on any atom is 0.251 e. The smallest absolute Gasteiger partial charge is 0.251 e. The number of nitrogens with one attached hydrogen (secondary N) is 2. The molecule has 3 rings (SSSR count). The van der Waals surface area contributed by atoms with Crippen molar-refractivity contribution in [2.24, 2.45) is 0 Å². The van der Waals surface area contributed by atoms with E-state index in [0.29, 0.717) is 17.4 Å². The summed E-state index contributed by atoms with van der Waals surface area (Å²) in [5.74, 6) is -0.0559. The number of aromatic nitrogens is 2. The molecule has 0 atom stereocenters. The van der Waals surface area contributed by atoms with Gasteiger partial charge in [-0.2, -0.15) is 0 Å². The monoisotopic (exact) mass is 306 g/mol. The summed E-state index contributed by atoms with van der Waals surface area (Å²) in [5.41, 5.74) is 2.18. The number of nitrogens with zero attached hydrogens (tertiary/aromatic N) is 2. The van der Waals surface area contributed by atoms with Gasteiger partial charge in [0.05, 0.1) is 11.0 Å². The highest BCUT2D eigenvalue weighted by Crippen LogP contribution is 2.16. The standard InChI is InChI=1S/C15H19ClN4O/c16-15-18-12-5-4-11(10-13(12)19-15)14(21)17-6-9-20-7-2-1-3-8-20/h4-5,10H,1-3,6-9H2,(H,17,21)(H,18,19). The van der Waals surface area contributed by atoms with Crippen LogP contribution in [0.5, 0.6) is 0 Å². The summed E-state index contributed by atoms with van der Waals surface area (Å²) < 4.78 is 0. The lowest BCUT2D eigenvalue weighted by Gasteiger charge is -2.26. The fourth-order valence-corrected chi connectivity index (χ4v) is 2.93. The number of aromatic amines is 1. The first kappa shape index (κ1) is 14.4. The third-order valence-electron chi connectivity index (χ3n) is 3.88. The predicted octanol–water partition coefficient (Wildman–Crippen LogP) is 2.43. The van der Waals surface area contributed by atoms with E-state index in [4.69, 9.17) is 11.6 Å². The van der Waals surface area contributed by atoms with Crippen LogP contribution < -0.4 is 5.32 Å². The molecule has 2 heterocycles. The summed E-state index contributed by atoms with van der Waals surface area (Å²) >= 11 is 5.81. The second-order valence-electron chi connectivity index (χ2n) is 5.42. The fourth-order valence-electron chi connectivity index (χ4n) is 2.73. The quantitative estimate of drug-likeness (QED) is 0.912. The number of rotatable bonds is 4. The van der Waals surface area contributed by atoms with Crippen molar-refractivity contribution in [2.75, 3.05) is 26.2 Å². The van der Waals surface area contributed by atoms with Crippen LogP contribution in [0.2, 0.25) is 5.28 Å². The van der Waals surface area contributed by atoms with Crippen molar-refractivity contribution >= 4 is 28.5 Å². The topological polar surface area (TPSA) is 61.0 Å². The molecule has 112 valence electrons. The van der Waals surface area contributed by atoms with Crippen molar-refractivity contribution in [2.45, 2.75) is 19.3 Å². The van der Waals surface area contributed by atoms with Crippen LogP contribution in [-0.4, -0.2) is 47.0 Å². The lowest BCUT2D eigenvalue weighted by atomic mass is 10.1. The van der Waals surface area contributed by atoms with E-state index in [0.717, 1.165) is 30.7 Å². The fraction of sp³-hybridized carbons (Fsp3) is 0.467. The maximum absolute atomic E-state index is 12.1. The Labute approximate surface area is 128 Å². The number of imidazole rings is 1. The first-order valence-corrected chi connectivity index (χ1v) is 7.76. The van der Waals surface area contributed by atoms with Crippen LogP contribution in [-0.2, 0) is 0 Å². The largest absolute Gasteiger partial charge is 0.351 e. The number of carbonyl (C=O) groups excluding carboxylic acids is 1. The third kappa shape index (κ3) is 3.54. The van der Waals surface area contributed by atoms with Crippen LogP contribution in [0.4, 0.5) is 0 Å². The Bertz CT molecular complexity index is 634. The van der Waals surface area contributed by atoms with Gasteiger partial charge in [0.25, 0.3) is 5.91 Å². The maximum atomic E-state index is 12.1. The van der Waals surface area contributed by atoms with Crippen molar-refractivity contribution < 1.29 is 4.79 Å². The van der Waals surface area contributed by atoms with Gasteiger partial charge in [-0.15, -0.1) is 0 Å². The van der Waals surface area contributed by atoms with Crippen molar-refractivity contribution in [3.05, 3.63) is 29.0 Å².